The third-order valence-corrected chi connectivity index (χ3v) is 3.72. The van der Waals surface area contributed by atoms with Gasteiger partial charge in [0.25, 0.3) is 0 Å². The average Bonchev–Trinajstić information content (AvgIpc) is 2.42. The molecule has 3 N–H and O–H groups in total. The van der Waals surface area contributed by atoms with Crippen LogP contribution in [0.2, 0.25) is 5.02 Å². The SMILES string of the molecule is COc1cc([C@H](N)C2CCOCC2)cc(Cl)c1O. The van der Waals surface area contributed by atoms with E-state index in [1.54, 1.807) is 12.1 Å². The second kappa shape index (κ2) is 5.78. The normalized spacial score (nSPS) is 18.6. The second-order valence-corrected chi connectivity index (χ2v) is 4.94. The summed E-state index contributed by atoms with van der Waals surface area (Å²) in [6, 6.07) is 3.35. The van der Waals surface area contributed by atoms with Gasteiger partial charge in [0.1, 0.15) is 0 Å². The predicted molar refractivity (Wildman–Crippen MR) is 70.1 cm³/mol. The number of phenolic OH excluding ortho intramolecular Hbond substituents is 1. The van der Waals surface area contributed by atoms with Crippen molar-refractivity contribution in [3.05, 3.63) is 22.7 Å². The summed E-state index contributed by atoms with van der Waals surface area (Å²) < 4.78 is 10.4. The van der Waals surface area contributed by atoms with Crippen molar-refractivity contribution < 1.29 is 14.6 Å². The molecule has 5 heteroatoms. The first-order valence-electron chi connectivity index (χ1n) is 6.03. The molecular formula is C13H18ClNO3. The molecule has 1 atom stereocenters. The smallest absolute Gasteiger partial charge is 0.176 e. The first-order valence-corrected chi connectivity index (χ1v) is 6.41. The molecule has 1 aromatic rings. The molecule has 0 radical (unpaired) electrons. The van der Waals surface area contributed by atoms with Gasteiger partial charge < -0.3 is 20.3 Å². The van der Waals surface area contributed by atoms with Gasteiger partial charge in [0.2, 0.25) is 0 Å². The zero-order valence-corrected chi connectivity index (χ0v) is 11.1. The number of rotatable bonds is 3. The molecule has 0 amide bonds. The third kappa shape index (κ3) is 2.71. The minimum absolute atomic E-state index is 0.0397. The number of methoxy groups -OCH3 is 1. The van der Waals surface area contributed by atoms with E-state index >= 15 is 0 Å². The number of benzene rings is 1. The van der Waals surface area contributed by atoms with E-state index in [9.17, 15) is 5.11 Å². The Morgan fingerprint density at radius 1 is 1.44 bits per heavy atom. The van der Waals surface area contributed by atoms with Crippen LogP contribution in [0, 0.1) is 5.92 Å². The van der Waals surface area contributed by atoms with Crippen LogP contribution in [0.25, 0.3) is 0 Å². The summed E-state index contributed by atoms with van der Waals surface area (Å²) in [5, 5.41) is 9.97. The van der Waals surface area contributed by atoms with Gasteiger partial charge in [-0.15, -0.1) is 0 Å². The lowest BCUT2D eigenvalue weighted by Gasteiger charge is -2.28. The summed E-state index contributed by atoms with van der Waals surface area (Å²) in [4.78, 5) is 0. The number of ether oxygens (including phenoxy) is 2. The topological polar surface area (TPSA) is 64.7 Å². The molecule has 0 aromatic heterocycles. The molecule has 1 fully saturated rings. The highest BCUT2D eigenvalue weighted by Crippen LogP contribution is 2.38. The molecule has 18 heavy (non-hydrogen) atoms. The Bertz CT molecular complexity index is 419. The Labute approximate surface area is 112 Å². The zero-order valence-electron chi connectivity index (χ0n) is 10.4. The molecule has 0 aliphatic carbocycles. The summed E-state index contributed by atoms with van der Waals surface area (Å²) in [6.07, 6.45) is 1.89. The highest BCUT2D eigenvalue weighted by Gasteiger charge is 2.24. The lowest BCUT2D eigenvalue weighted by Crippen LogP contribution is -2.27. The fourth-order valence-electron chi connectivity index (χ4n) is 2.29. The summed E-state index contributed by atoms with van der Waals surface area (Å²) in [5.74, 6) is 0.700. The van der Waals surface area contributed by atoms with Crippen LogP contribution in [0.3, 0.4) is 0 Å². The maximum atomic E-state index is 9.70. The molecule has 1 heterocycles. The Hall–Kier alpha value is -0.970. The summed E-state index contributed by atoms with van der Waals surface area (Å²) in [7, 11) is 1.50. The van der Waals surface area contributed by atoms with Crippen molar-refractivity contribution >= 4 is 11.6 Å². The monoisotopic (exact) mass is 271 g/mol. The lowest BCUT2D eigenvalue weighted by atomic mass is 9.87. The molecule has 4 nitrogen and oxygen atoms in total. The largest absolute Gasteiger partial charge is 0.503 e. The number of aromatic hydroxyl groups is 1. The van der Waals surface area contributed by atoms with Gasteiger partial charge in [-0.2, -0.15) is 0 Å². The van der Waals surface area contributed by atoms with Crippen LogP contribution in [0.1, 0.15) is 24.4 Å². The van der Waals surface area contributed by atoms with Gasteiger partial charge in [-0.25, -0.2) is 0 Å². The van der Waals surface area contributed by atoms with Gasteiger partial charge in [0.15, 0.2) is 11.5 Å². The third-order valence-electron chi connectivity index (χ3n) is 3.43. The molecule has 0 spiro atoms. The molecular weight excluding hydrogens is 254 g/mol. The maximum absolute atomic E-state index is 9.70. The van der Waals surface area contributed by atoms with Crippen LogP contribution in [0.15, 0.2) is 12.1 Å². The Morgan fingerprint density at radius 2 is 2.11 bits per heavy atom. The fourth-order valence-corrected chi connectivity index (χ4v) is 2.51. The second-order valence-electron chi connectivity index (χ2n) is 4.53. The Kier molecular flexibility index (Phi) is 4.32. The highest BCUT2D eigenvalue weighted by molar-refractivity contribution is 6.32. The van der Waals surface area contributed by atoms with Gasteiger partial charge in [-0.05, 0) is 36.5 Å². The first kappa shape index (κ1) is 13.5. The molecule has 2 rings (SSSR count). The Morgan fingerprint density at radius 3 is 2.72 bits per heavy atom. The van der Waals surface area contributed by atoms with Gasteiger partial charge in [-0.3, -0.25) is 0 Å². The molecule has 1 aromatic carbocycles. The van der Waals surface area contributed by atoms with Crippen molar-refractivity contribution in [2.75, 3.05) is 20.3 Å². The number of nitrogens with two attached hydrogens (primary N) is 1. The number of halogens is 1. The molecule has 0 unspecified atom stereocenters. The minimum atomic E-state index is -0.110. The number of hydrogen-bond donors (Lipinski definition) is 2. The van der Waals surface area contributed by atoms with Crippen LogP contribution in [0.4, 0.5) is 0 Å². The summed E-state index contributed by atoms with van der Waals surface area (Å²) in [6.45, 7) is 1.50. The molecule has 1 saturated heterocycles. The molecule has 100 valence electrons. The van der Waals surface area contributed by atoms with Crippen molar-refractivity contribution in [3.8, 4) is 11.5 Å². The minimum Gasteiger partial charge on any atom is -0.503 e. The van der Waals surface area contributed by atoms with Gasteiger partial charge in [0, 0.05) is 19.3 Å². The molecule has 1 aliphatic rings. The van der Waals surface area contributed by atoms with Gasteiger partial charge in [0.05, 0.1) is 12.1 Å². The Balaban J connectivity index is 2.23. The summed E-state index contributed by atoms with van der Waals surface area (Å²) in [5.41, 5.74) is 7.15. The van der Waals surface area contributed by atoms with Crippen molar-refractivity contribution in [2.24, 2.45) is 11.7 Å². The van der Waals surface area contributed by atoms with E-state index in [2.05, 4.69) is 0 Å². The maximum Gasteiger partial charge on any atom is 0.176 e. The van der Waals surface area contributed by atoms with E-state index in [0.29, 0.717) is 11.7 Å². The average molecular weight is 272 g/mol. The quantitative estimate of drug-likeness (QED) is 0.886. The van der Waals surface area contributed by atoms with Gasteiger partial charge in [-0.1, -0.05) is 11.6 Å². The van der Waals surface area contributed by atoms with E-state index < -0.39 is 0 Å². The molecule has 1 aliphatic heterocycles. The van der Waals surface area contributed by atoms with Crippen molar-refractivity contribution in [2.45, 2.75) is 18.9 Å². The van der Waals surface area contributed by atoms with E-state index in [4.69, 9.17) is 26.8 Å². The van der Waals surface area contributed by atoms with E-state index in [0.717, 1.165) is 31.6 Å². The first-order chi connectivity index (χ1) is 8.63. The number of phenols is 1. The van der Waals surface area contributed by atoms with Crippen LogP contribution >= 0.6 is 11.6 Å². The lowest BCUT2D eigenvalue weighted by molar-refractivity contribution is 0.0583. The molecule has 0 saturated carbocycles. The van der Waals surface area contributed by atoms with Crippen LogP contribution in [0.5, 0.6) is 11.5 Å². The molecule has 0 bridgehead atoms. The predicted octanol–water partition coefficient (Wildman–Crippen LogP) is 2.48. The van der Waals surface area contributed by atoms with Crippen LogP contribution in [-0.2, 0) is 4.74 Å². The van der Waals surface area contributed by atoms with Crippen molar-refractivity contribution in [1.82, 2.24) is 0 Å². The van der Waals surface area contributed by atoms with E-state index in [1.807, 2.05) is 0 Å². The van der Waals surface area contributed by atoms with Crippen molar-refractivity contribution in [3.63, 3.8) is 0 Å². The van der Waals surface area contributed by atoms with Crippen LogP contribution in [-0.4, -0.2) is 25.4 Å². The fraction of sp³-hybridized carbons (Fsp3) is 0.538. The standard InChI is InChI=1S/C13H18ClNO3/c1-17-11-7-9(6-10(14)13(11)16)12(15)8-2-4-18-5-3-8/h6-8,12,16H,2-5,15H2,1H3/t12-/m1/s1. The number of hydrogen-bond acceptors (Lipinski definition) is 4. The zero-order chi connectivity index (χ0) is 13.1. The highest BCUT2D eigenvalue weighted by atomic mass is 35.5. The van der Waals surface area contributed by atoms with E-state index in [1.165, 1.54) is 7.11 Å². The van der Waals surface area contributed by atoms with Crippen LogP contribution < -0.4 is 10.5 Å². The van der Waals surface area contributed by atoms with Crippen molar-refractivity contribution in [1.29, 1.82) is 0 Å². The van der Waals surface area contributed by atoms with E-state index in [-0.39, 0.29) is 16.8 Å². The summed E-state index contributed by atoms with van der Waals surface area (Å²) >= 11 is 5.97. The van der Waals surface area contributed by atoms with Gasteiger partial charge >= 0.3 is 0 Å².